The van der Waals surface area contributed by atoms with Gasteiger partial charge in [-0.3, -0.25) is 9.59 Å². The fraction of sp³-hybridized carbons (Fsp3) is 0.625. The average Bonchev–Trinajstić information content (AvgIpc) is 3.12. The van der Waals surface area contributed by atoms with Crippen molar-refractivity contribution < 1.29 is 19.1 Å². The molecule has 3 amide bonds. The minimum atomic E-state index is -0.804. The first-order valence-electron chi connectivity index (χ1n) is 11.3. The van der Waals surface area contributed by atoms with Gasteiger partial charge in [0.1, 0.15) is 17.7 Å². The summed E-state index contributed by atoms with van der Waals surface area (Å²) in [6.07, 6.45) is 0.394. The Balaban J connectivity index is 2.16. The number of ether oxygens (including phenoxy) is 1. The minimum absolute atomic E-state index is 0.140. The molecule has 1 aromatic rings. The predicted octanol–water partition coefficient (Wildman–Crippen LogP) is 2.73. The summed E-state index contributed by atoms with van der Waals surface area (Å²) in [6, 6.07) is 7.63. The van der Waals surface area contributed by atoms with Crippen molar-refractivity contribution in [2.45, 2.75) is 84.2 Å². The summed E-state index contributed by atoms with van der Waals surface area (Å²) in [6.45, 7) is 11.3. The minimum Gasteiger partial charge on any atom is -0.444 e. The van der Waals surface area contributed by atoms with Gasteiger partial charge in [-0.05, 0) is 45.6 Å². The number of benzene rings is 1. The summed E-state index contributed by atoms with van der Waals surface area (Å²) >= 11 is 0. The highest BCUT2D eigenvalue weighted by molar-refractivity contribution is 5.92. The Bertz CT molecular complexity index is 793. The second kappa shape index (κ2) is 10.8. The van der Waals surface area contributed by atoms with Crippen LogP contribution in [0, 0.1) is 5.92 Å². The summed E-state index contributed by atoms with van der Waals surface area (Å²) < 4.78 is 5.35. The van der Waals surface area contributed by atoms with Gasteiger partial charge in [0, 0.05) is 12.6 Å². The van der Waals surface area contributed by atoms with Crippen molar-refractivity contribution in [1.82, 2.24) is 15.5 Å². The zero-order chi connectivity index (χ0) is 24.1. The van der Waals surface area contributed by atoms with Crippen LogP contribution < -0.4 is 16.4 Å². The third kappa shape index (κ3) is 6.95. The summed E-state index contributed by atoms with van der Waals surface area (Å²) in [5.74, 6) is -0.702. The lowest BCUT2D eigenvalue weighted by Crippen LogP contribution is -2.56. The SMILES string of the molecule is CCC(C)C(NC(=O)OC(C)(C)C)C(=O)N1CC(N)CC1C(=O)NC(C)c1ccccc1. The molecule has 1 fully saturated rings. The molecule has 5 atom stereocenters. The molecule has 8 heteroatoms. The molecule has 1 aliphatic rings. The van der Waals surface area contributed by atoms with E-state index in [-0.39, 0.29) is 36.4 Å². The Morgan fingerprint density at radius 1 is 1.16 bits per heavy atom. The molecule has 0 bridgehead atoms. The number of amides is 3. The van der Waals surface area contributed by atoms with Crippen molar-refractivity contribution >= 4 is 17.9 Å². The number of carbonyl (C=O) groups is 3. The lowest BCUT2D eigenvalue weighted by atomic mass is 9.97. The van der Waals surface area contributed by atoms with Crippen LogP contribution in [0.25, 0.3) is 0 Å². The van der Waals surface area contributed by atoms with E-state index < -0.39 is 23.8 Å². The zero-order valence-corrected chi connectivity index (χ0v) is 20.1. The van der Waals surface area contributed by atoms with Gasteiger partial charge in [0.25, 0.3) is 0 Å². The molecule has 2 rings (SSSR count). The van der Waals surface area contributed by atoms with E-state index in [1.54, 1.807) is 20.8 Å². The Morgan fingerprint density at radius 3 is 2.34 bits per heavy atom. The highest BCUT2D eigenvalue weighted by atomic mass is 16.6. The fourth-order valence-corrected chi connectivity index (χ4v) is 3.79. The smallest absolute Gasteiger partial charge is 0.408 e. The van der Waals surface area contributed by atoms with Crippen molar-refractivity contribution in [3.8, 4) is 0 Å². The molecule has 1 aromatic carbocycles. The molecule has 1 saturated heterocycles. The van der Waals surface area contributed by atoms with E-state index in [1.165, 1.54) is 4.90 Å². The number of rotatable bonds is 7. The summed E-state index contributed by atoms with van der Waals surface area (Å²) in [4.78, 5) is 40.5. The van der Waals surface area contributed by atoms with E-state index in [9.17, 15) is 14.4 Å². The van der Waals surface area contributed by atoms with Crippen molar-refractivity contribution in [1.29, 1.82) is 0 Å². The molecule has 0 saturated carbocycles. The van der Waals surface area contributed by atoms with Gasteiger partial charge < -0.3 is 26.0 Å². The Morgan fingerprint density at radius 2 is 1.78 bits per heavy atom. The molecule has 178 valence electrons. The second-order valence-electron chi connectivity index (χ2n) is 9.65. The lowest BCUT2D eigenvalue weighted by molar-refractivity contribution is -0.141. The molecular weight excluding hydrogens is 408 g/mol. The monoisotopic (exact) mass is 446 g/mol. The van der Waals surface area contributed by atoms with Crippen LogP contribution in [0.15, 0.2) is 30.3 Å². The zero-order valence-electron chi connectivity index (χ0n) is 20.1. The average molecular weight is 447 g/mol. The van der Waals surface area contributed by atoms with Gasteiger partial charge in [0.2, 0.25) is 11.8 Å². The van der Waals surface area contributed by atoms with E-state index in [1.807, 2.05) is 51.1 Å². The van der Waals surface area contributed by atoms with E-state index >= 15 is 0 Å². The standard InChI is InChI=1S/C24H38N4O4/c1-7-15(2)20(27-23(31)32-24(4,5)6)22(30)28-14-18(25)13-19(28)21(29)26-16(3)17-11-9-8-10-12-17/h8-12,15-16,18-20H,7,13-14,25H2,1-6H3,(H,26,29)(H,27,31). The number of hydrogen-bond acceptors (Lipinski definition) is 5. The quantitative estimate of drug-likeness (QED) is 0.596. The van der Waals surface area contributed by atoms with Gasteiger partial charge in [-0.2, -0.15) is 0 Å². The number of likely N-dealkylation sites (tertiary alicyclic amines) is 1. The van der Waals surface area contributed by atoms with Crippen molar-refractivity contribution in [2.75, 3.05) is 6.54 Å². The van der Waals surface area contributed by atoms with Gasteiger partial charge in [-0.15, -0.1) is 0 Å². The van der Waals surface area contributed by atoms with Crippen LogP contribution in [0.2, 0.25) is 0 Å². The van der Waals surface area contributed by atoms with Gasteiger partial charge in [0.05, 0.1) is 6.04 Å². The van der Waals surface area contributed by atoms with Crippen LogP contribution in [0.1, 0.15) is 66.0 Å². The first-order chi connectivity index (χ1) is 14.9. The number of alkyl carbamates (subject to hydrolysis) is 1. The molecule has 1 aliphatic heterocycles. The molecule has 8 nitrogen and oxygen atoms in total. The maximum absolute atomic E-state index is 13.5. The maximum atomic E-state index is 13.5. The van der Waals surface area contributed by atoms with Gasteiger partial charge >= 0.3 is 6.09 Å². The molecule has 0 radical (unpaired) electrons. The third-order valence-electron chi connectivity index (χ3n) is 5.73. The van der Waals surface area contributed by atoms with Crippen molar-refractivity contribution in [2.24, 2.45) is 11.7 Å². The highest BCUT2D eigenvalue weighted by Gasteiger charge is 2.42. The molecule has 4 N–H and O–H groups in total. The number of carbonyl (C=O) groups excluding carboxylic acids is 3. The molecule has 1 heterocycles. The molecular formula is C24H38N4O4. The van der Waals surface area contributed by atoms with E-state index in [0.717, 1.165) is 5.56 Å². The Labute approximate surface area is 191 Å². The number of nitrogens with zero attached hydrogens (tertiary/aromatic N) is 1. The van der Waals surface area contributed by atoms with Crippen molar-refractivity contribution in [3.05, 3.63) is 35.9 Å². The second-order valence-corrected chi connectivity index (χ2v) is 9.65. The first kappa shape index (κ1) is 25.6. The fourth-order valence-electron chi connectivity index (χ4n) is 3.79. The van der Waals surface area contributed by atoms with Crippen LogP contribution in [0.5, 0.6) is 0 Å². The lowest BCUT2D eigenvalue weighted by Gasteiger charge is -2.32. The van der Waals surface area contributed by atoms with Crippen LogP contribution in [0.4, 0.5) is 4.79 Å². The van der Waals surface area contributed by atoms with E-state index in [2.05, 4.69) is 10.6 Å². The number of hydrogen-bond donors (Lipinski definition) is 3. The Kier molecular flexibility index (Phi) is 8.66. The van der Waals surface area contributed by atoms with Crippen molar-refractivity contribution in [3.63, 3.8) is 0 Å². The molecule has 0 spiro atoms. The van der Waals surface area contributed by atoms with Crippen LogP contribution in [-0.4, -0.2) is 53.1 Å². The third-order valence-corrected chi connectivity index (χ3v) is 5.73. The van der Waals surface area contributed by atoms with Crippen LogP contribution >= 0.6 is 0 Å². The van der Waals surface area contributed by atoms with Gasteiger partial charge in [-0.1, -0.05) is 50.6 Å². The molecule has 0 aromatic heterocycles. The predicted molar refractivity (Wildman–Crippen MR) is 124 cm³/mol. The highest BCUT2D eigenvalue weighted by Crippen LogP contribution is 2.23. The summed E-state index contributed by atoms with van der Waals surface area (Å²) in [7, 11) is 0. The van der Waals surface area contributed by atoms with Crippen LogP contribution in [-0.2, 0) is 14.3 Å². The largest absolute Gasteiger partial charge is 0.444 e. The maximum Gasteiger partial charge on any atom is 0.408 e. The summed E-state index contributed by atoms with van der Waals surface area (Å²) in [5.41, 5.74) is 6.44. The van der Waals surface area contributed by atoms with Crippen LogP contribution in [0.3, 0.4) is 0 Å². The van der Waals surface area contributed by atoms with Gasteiger partial charge in [-0.25, -0.2) is 4.79 Å². The normalized spacial score (nSPS) is 21.4. The Hall–Kier alpha value is -2.61. The summed E-state index contributed by atoms with van der Waals surface area (Å²) in [5, 5.41) is 5.71. The first-order valence-corrected chi connectivity index (χ1v) is 11.3. The number of nitrogens with two attached hydrogens (primary N) is 1. The van der Waals surface area contributed by atoms with E-state index in [0.29, 0.717) is 12.8 Å². The molecule has 32 heavy (non-hydrogen) atoms. The molecule has 0 aliphatic carbocycles. The topological polar surface area (TPSA) is 114 Å². The number of nitrogens with one attached hydrogen (secondary N) is 2. The van der Waals surface area contributed by atoms with Gasteiger partial charge in [0.15, 0.2) is 0 Å². The molecule has 5 unspecified atom stereocenters. The van der Waals surface area contributed by atoms with E-state index in [4.69, 9.17) is 10.5 Å².